The zero-order valence-corrected chi connectivity index (χ0v) is 19.8. The predicted octanol–water partition coefficient (Wildman–Crippen LogP) is 5.36. The van der Waals surface area contributed by atoms with Gasteiger partial charge in [-0.2, -0.15) is 0 Å². The molecule has 1 fully saturated rings. The Morgan fingerprint density at radius 3 is 2.42 bits per heavy atom. The van der Waals surface area contributed by atoms with Gasteiger partial charge in [-0.1, -0.05) is 66.9 Å². The van der Waals surface area contributed by atoms with Crippen LogP contribution in [-0.2, 0) is 21.9 Å². The molecule has 1 atom stereocenters. The SMILES string of the molecule is Cc1ccccc1CN(C(=O)CSCc1ccccc1Cl)[C@H](C)C(=O)NC1CCCC1. The van der Waals surface area contributed by atoms with Crippen LogP contribution in [0.25, 0.3) is 0 Å². The van der Waals surface area contributed by atoms with Crippen LogP contribution in [0.3, 0.4) is 0 Å². The van der Waals surface area contributed by atoms with Crippen molar-refractivity contribution < 1.29 is 9.59 Å². The van der Waals surface area contributed by atoms with E-state index >= 15 is 0 Å². The third-order valence-corrected chi connectivity index (χ3v) is 7.25. The molecule has 1 saturated carbocycles. The van der Waals surface area contributed by atoms with Crippen molar-refractivity contribution in [2.24, 2.45) is 0 Å². The lowest BCUT2D eigenvalue weighted by Crippen LogP contribution is -2.50. The second-order valence-electron chi connectivity index (χ2n) is 8.20. The maximum Gasteiger partial charge on any atom is 0.242 e. The number of carbonyl (C=O) groups excluding carboxylic acids is 2. The summed E-state index contributed by atoms with van der Waals surface area (Å²) < 4.78 is 0. The molecule has 0 bridgehead atoms. The van der Waals surface area contributed by atoms with Gasteiger partial charge in [0.2, 0.25) is 11.8 Å². The molecular formula is C25H31ClN2O2S. The maximum atomic E-state index is 13.2. The minimum Gasteiger partial charge on any atom is -0.352 e. The zero-order chi connectivity index (χ0) is 22.2. The Morgan fingerprint density at radius 2 is 1.74 bits per heavy atom. The molecule has 0 unspecified atom stereocenters. The summed E-state index contributed by atoms with van der Waals surface area (Å²) in [4.78, 5) is 27.9. The Bertz CT molecular complexity index is 899. The highest BCUT2D eigenvalue weighted by atomic mass is 35.5. The fourth-order valence-corrected chi connectivity index (χ4v) is 5.09. The molecule has 0 aliphatic heterocycles. The topological polar surface area (TPSA) is 49.4 Å². The van der Waals surface area contributed by atoms with Gasteiger partial charge in [-0.05, 0) is 49.4 Å². The highest BCUT2D eigenvalue weighted by molar-refractivity contribution is 7.99. The minimum absolute atomic E-state index is 0.0330. The number of aryl methyl sites for hydroxylation is 1. The molecule has 1 aliphatic rings. The molecule has 1 N–H and O–H groups in total. The van der Waals surface area contributed by atoms with E-state index in [0.717, 1.165) is 42.4 Å². The molecule has 1 aliphatic carbocycles. The summed E-state index contributed by atoms with van der Waals surface area (Å²) in [6, 6.07) is 15.4. The van der Waals surface area contributed by atoms with E-state index in [9.17, 15) is 9.59 Å². The molecule has 6 heteroatoms. The maximum absolute atomic E-state index is 13.2. The first-order valence-corrected chi connectivity index (χ1v) is 12.4. The van der Waals surface area contributed by atoms with Crippen molar-refractivity contribution in [3.63, 3.8) is 0 Å². The fraction of sp³-hybridized carbons (Fsp3) is 0.440. The average molecular weight is 459 g/mol. The second-order valence-corrected chi connectivity index (χ2v) is 9.59. The number of carbonyl (C=O) groups is 2. The smallest absolute Gasteiger partial charge is 0.242 e. The van der Waals surface area contributed by atoms with E-state index in [-0.39, 0.29) is 17.9 Å². The van der Waals surface area contributed by atoms with Gasteiger partial charge < -0.3 is 10.2 Å². The van der Waals surface area contributed by atoms with Gasteiger partial charge in [-0.15, -0.1) is 11.8 Å². The molecule has 4 nitrogen and oxygen atoms in total. The van der Waals surface area contributed by atoms with Gasteiger partial charge in [0.15, 0.2) is 0 Å². The number of amides is 2. The van der Waals surface area contributed by atoms with Crippen LogP contribution < -0.4 is 5.32 Å². The molecule has 0 radical (unpaired) electrons. The van der Waals surface area contributed by atoms with Gasteiger partial charge in [-0.25, -0.2) is 0 Å². The third-order valence-electron chi connectivity index (χ3n) is 5.91. The van der Waals surface area contributed by atoms with Gasteiger partial charge >= 0.3 is 0 Å². The first-order chi connectivity index (χ1) is 15.0. The molecule has 2 aromatic rings. The Balaban J connectivity index is 1.67. The van der Waals surface area contributed by atoms with E-state index in [1.54, 1.807) is 4.90 Å². The highest BCUT2D eigenvalue weighted by Gasteiger charge is 2.28. The number of hydrogen-bond donors (Lipinski definition) is 1. The van der Waals surface area contributed by atoms with E-state index < -0.39 is 6.04 Å². The Morgan fingerprint density at radius 1 is 1.10 bits per heavy atom. The van der Waals surface area contributed by atoms with Crippen molar-refractivity contribution >= 4 is 35.2 Å². The van der Waals surface area contributed by atoms with Crippen LogP contribution in [0.2, 0.25) is 5.02 Å². The Kier molecular flexibility index (Phi) is 8.85. The van der Waals surface area contributed by atoms with Crippen molar-refractivity contribution in [1.82, 2.24) is 10.2 Å². The first-order valence-electron chi connectivity index (χ1n) is 10.9. The third kappa shape index (κ3) is 6.75. The van der Waals surface area contributed by atoms with E-state index in [1.165, 1.54) is 11.8 Å². The number of nitrogens with zero attached hydrogens (tertiary/aromatic N) is 1. The summed E-state index contributed by atoms with van der Waals surface area (Å²) in [5.74, 6) is 0.865. The summed E-state index contributed by atoms with van der Waals surface area (Å²) in [6.07, 6.45) is 4.36. The number of rotatable bonds is 9. The number of hydrogen-bond acceptors (Lipinski definition) is 3. The number of thioether (sulfide) groups is 1. The molecule has 0 aromatic heterocycles. The normalized spacial score (nSPS) is 14.9. The molecular weight excluding hydrogens is 428 g/mol. The quantitative estimate of drug-likeness (QED) is 0.550. The lowest BCUT2D eigenvalue weighted by molar-refractivity contribution is -0.139. The number of halogens is 1. The van der Waals surface area contributed by atoms with Gasteiger partial charge in [0.25, 0.3) is 0 Å². The minimum atomic E-state index is -0.520. The molecule has 0 heterocycles. The second kappa shape index (κ2) is 11.6. The van der Waals surface area contributed by atoms with Gasteiger partial charge in [0, 0.05) is 23.4 Å². The summed E-state index contributed by atoms with van der Waals surface area (Å²) in [5, 5.41) is 3.86. The summed E-state index contributed by atoms with van der Waals surface area (Å²) in [5.41, 5.74) is 3.19. The summed E-state index contributed by atoms with van der Waals surface area (Å²) in [6.45, 7) is 4.30. The molecule has 3 rings (SSSR count). The highest BCUT2D eigenvalue weighted by Crippen LogP contribution is 2.22. The Hall–Kier alpha value is -1.98. The lowest BCUT2D eigenvalue weighted by atomic mass is 10.1. The van der Waals surface area contributed by atoms with Crippen molar-refractivity contribution in [3.8, 4) is 0 Å². The molecule has 0 spiro atoms. The molecule has 2 aromatic carbocycles. The van der Waals surface area contributed by atoms with Crippen molar-refractivity contribution in [2.75, 3.05) is 5.75 Å². The van der Waals surface area contributed by atoms with Crippen LogP contribution in [-0.4, -0.2) is 34.6 Å². The first kappa shape index (κ1) is 23.7. The van der Waals surface area contributed by atoms with Gasteiger partial charge in [-0.3, -0.25) is 9.59 Å². The van der Waals surface area contributed by atoms with Crippen molar-refractivity contribution in [1.29, 1.82) is 0 Å². The van der Waals surface area contributed by atoms with Crippen LogP contribution >= 0.6 is 23.4 Å². The monoisotopic (exact) mass is 458 g/mol. The van der Waals surface area contributed by atoms with Crippen molar-refractivity contribution in [3.05, 3.63) is 70.2 Å². The standard InChI is InChI=1S/C25H31ClN2O2S/c1-18-9-3-4-10-20(18)15-28(19(2)25(30)27-22-12-6-7-13-22)24(29)17-31-16-21-11-5-8-14-23(21)26/h3-5,8-11,14,19,22H,6-7,12-13,15-17H2,1-2H3,(H,27,30)/t19-/m1/s1. The largest absolute Gasteiger partial charge is 0.352 e. The van der Waals surface area contributed by atoms with E-state index in [0.29, 0.717) is 23.1 Å². The molecule has 166 valence electrons. The predicted molar refractivity (Wildman–Crippen MR) is 129 cm³/mol. The number of benzene rings is 2. The zero-order valence-electron chi connectivity index (χ0n) is 18.3. The molecule has 0 saturated heterocycles. The molecule has 2 amide bonds. The van der Waals surface area contributed by atoms with E-state index in [1.807, 2.05) is 62.4 Å². The van der Waals surface area contributed by atoms with E-state index in [2.05, 4.69) is 5.32 Å². The van der Waals surface area contributed by atoms with Crippen molar-refractivity contribution in [2.45, 2.75) is 63.9 Å². The number of nitrogens with one attached hydrogen (secondary N) is 1. The van der Waals surface area contributed by atoms with Crippen LogP contribution in [0.15, 0.2) is 48.5 Å². The molecule has 31 heavy (non-hydrogen) atoms. The average Bonchev–Trinajstić information content (AvgIpc) is 3.27. The Labute approximate surface area is 194 Å². The fourth-order valence-electron chi connectivity index (χ4n) is 3.89. The van der Waals surface area contributed by atoms with Crippen LogP contribution in [0, 0.1) is 6.92 Å². The summed E-state index contributed by atoms with van der Waals surface area (Å²) >= 11 is 7.76. The van der Waals surface area contributed by atoms with E-state index in [4.69, 9.17) is 11.6 Å². The summed E-state index contributed by atoms with van der Waals surface area (Å²) in [7, 11) is 0. The van der Waals surface area contributed by atoms with Crippen LogP contribution in [0.4, 0.5) is 0 Å². The van der Waals surface area contributed by atoms with Crippen LogP contribution in [0.1, 0.15) is 49.3 Å². The lowest BCUT2D eigenvalue weighted by Gasteiger charge is -2.30. The van der Waals surface area contributed by atoms with Gasteiger partial charge in [0.1, 0.15) is 6.04 Å². The van der Waals surface area contributed by atoms with Gasteiger partial charge in [0.05, 0.1) is 5.75 Å². The van der Waals surface area contributed by atoms with Crippen LogP contribution in [0.5, 0.6) is 0 Å².